The Balaban J connectivity index is 2.18. The Morgan fingerprint density at radius 3 is 2.48 bits per heavy atom. The zero-order chi connectivity index (χ0) is 15.9. The van der Waals surface area contributed by atoms with Crippen molar-refractivity contribution in [2.45, 2.75) is 46.1 Å². The van der Waals surface area contributed by atoms with Crippen LogP contribution in [0.2, 0.25) is 0 Å². The molecule has 0 aromatic heterocycles. The summed E-state index contributed by atoms with van der Waals surface area (Å²) in [6, 6.07) is 0. The summed E-state index contributed by atoms with van der Waals surface area (Å²) in [4.78, 5) is 16.1. The smallest absolute Gasteiger partial charge is 0.410 e. The van der Waals surface area contributed by atoms with Crippen molar-refractivity contribution < 1.29 is 9.53 Å². The third kappa shape index (κ3) is 7.67. The normalized spacial score (nSPS) is 17.8. The first-order valence-corrected chi connectivity index (χ1v) is 8.19. The molecule has 0 aliphatic carbocycles. The second kappa shape index (κ2) is 8.59. The lowest BCUT2D eigenvalue weighted by Crippen LogP contribution is -2.41. The summed E-state index contributed by atoms with van der Waals surface area (Å²) >= 11 is 0. The summed E-state index contributed by atoms with van der Waals surface area (Å²) < 4.78 is 5.40. The van der Waals surface area contributed by atoms with E-state index in [0.29, 0.717) is 13.1 Å². The second-order valence-electron chi connectivity index (χ2n) is 7.01. The molecule has 124 valence electrons. The van der Waals surface area contributed by atoms with Crippen LogP contribution in [0.3, 0.4) is 0 Å². The summed E-state index contributed by atoms with van der Waals surface area (Å²) in [5, 5.41) is 3.48. The van der Waals surface area contributed by atoms with Gasteiger partial charge in [0.1, 0.15) is 5.60 Å². The average Bonchev–Trinajstić information content (AvgIpc) is 2.38. The molecule has 0 unspecified atom stereocenters. The van der Waals surface area contributed by atoms with Crippen LogP contribution >= 0.6 is 0 Å². The Morgan fingerprint density at radius 1 is 1.33 bits per heavy atom. The molecule has 0 atom stereocenters. The maximum absolute atomic E-state index is 12.0. The number of likely N-dealkylation sites (tertiary alicyclic amines) is 1. The first-order valence-electron chi connectivity index (χ1n) is 8.19. The van der Waals surface area contributed by atoms with E-state index < -0.39 is 5.60 Å². The number of nitrogens with zero attached hydrogens (tertiary/aromatic N) is 2. The third-order valence-electron chi connectivity index (χ3n) is 3.86. The van der Waals surface area contributed by atoms with Crippen LogP contribution in [0.25, 0.3) is 0 Å². The topological polar surface area (TPSA) is 44.8 Å². The van der Waals surface area contributed by atoms with E-state index in [1.54, 1.807) is 4.90 Å². The lowest BCUT2D eigenvalue weighted by atomic mass is 9.97. The quantitative estimate of drug-likeness (QED) is 0.764. The number of hydrogen-bond donors (Lipinski definition) is 1. The summed E-state index contributed by atoms with van der Waals surface area (Å²) in [7, 11) is 2.18. The molecule has 1 fully saturated rings. The molecule has 1 amide bonds. The zero-order valence-corrected chi connectivity index (χ0v) is 14.4. The fraction of sp³-hybridized carbons (Fsp3) is 0.938. The molecule has 0 aromatic carbocycles. The molecule has 1 heterocycles. The van der Waals surface area contributed by atoms with Crippen molar-refractivity contribution in [3.8, 4) is 0 Å². The number of piperidine rings is 1. The number of amides is 1. The molecular weight excluding hydrogens is 266 g/mol. The van der Waals surface area contributed by atoms with Gasteiger partial charge in [0.2, 0.25) is 0 Å². The molecule has 1 saturated heterocycles. The first kappa shape index (κ1) is 18.2. The van der Waals surface area contributed by atoms with Crippen molar-refractivity contribution in [2.24, 2.45) is 5.92 Å². The Morgan fingerprint density at radius 2 is 1.95 bits per heavy atom. The van der Waals surface area contributed by atoms with Crippen LogP contribution in [0, 0.1) is 5.92 Å². The Hall–Kier alpha value is -0.810. The Bertz CT molecular complexity index is 307. The minimum Gasteiger partial charge on any atom is -0.444 e. The van der Waals surface area contributed by atoms with Gasteiger partial charge in [-0.05, 0) is 73.1 Å². The minimum atomic E-state index is -0.425. The molecule has 5 heteroatoms. The molecule has 1 aliphatic rings. The van der Waals surface area contributed by atoms with Gasteiger partial charge in [0, 0.05) is 19.6 Å². The minimum absolute atomic E-state index is 0.217. The molecule has 5 nitrogen and oxygen atoms in total. The lowest BCUT2D eigenvalue weighted by molar-refractivity contribution is 0.0261. The summed E-state index contributed by atoms with van der Waals surface area (Å²) in [6.45, 7) is 13.4. The van der Waals surface area contributed by atoms with Crippen LogP contribution in [0.15, 0.2) is 0 Å². The average molecular weight is 299 g/mol. The number of hydrogen-bond acceptors (Lipinski definition) is 4. The molecule has 21 heavy (non-hydrogen) atoms. The highest BCUT2D eigenvalue weighted by Crippen LogP contribution is 2.14. The van der Waals surface area contributed by atoms with Crippen LogP contribution in [0.5, 0.6) is 0 Å². The van der Waals surface area contributed by atoms with Gasteiger partial charge >= 0.3 is 6.09 Å². The third-order valence-corrected chi connectivity index (χ3v) is 3.86. The highest BCUT2D eigenvalue weighted by Gasteiger charge is 2.21. The van der Waals surface area contributed by atoms with E-state index in [2.05, 4.69) is 17.3 Å². The van der Waals surface area contributed by atoms with Crippen LogP contribution in [-0.2, 0) is 4.74 Å². The van der Waals surface area contributed by atoms with Crippen molar-refractivity contribution >= 4 is 6.09 Å². The summed E-state index contributed by atoms with van der Waals surface area (Å²) in [5.41, 5.74) is -0.425. The number of carbonyl (C=O) groups is 1. The molecule has 0 spiro atoms. The molecule has 0 bridgehead atoms. The van der Waals surface area contributed by atoms with E-state index in [0.717, 1.165) is 19.0 Å². The van der Waals surface area contributed by atoms with Crippen LogP contribution in [0.1, 0.15) is 40.5 Å². The summed E-state index contributed by atoms with van der Waals surface area (Å²) in [5.74, 6) is 0.776. The van der Waals surface area contributed by atoms with Crippen LogP contribution < -0.4 is 5.32 Å². The van der Waals surface area contributed by atoms with E-state index in [1.165, 1.54) is 25.9 Å². The first-order chi connectivity index (χ1) is 9.81. The molecular formula is C16H33N3O2. The second-order valence-corrected chi connectivity index (χ2v) is 7.01. The van der Waals surface area contributed by atoms with E-state index in [1.807, 2.05) is 27.7 Å². The largest absolute Gasteiger partial charge is 0.444 e. The van der Waals surface area contributed by atoms with Gasteiger partial charge in [-0.1, -0.05) is 0 Å². The maximum atomic E-state index is 12.0. The van der Waals surface area contributed by atoms with Gasteiger partial charge in [-0.2, -0.15) is 0 Å². The van der Waals surface area contributed by atoms with Crippen molar-refractivity contribution in [3.63, 3.8) is 0 Å². The molecule has 0 radical (unpaired) electrons. The van der Waals surface area contributed by atoms with Gasteiger partial charge in [-0.3, -0.25) is 0 Å². The van der Waals surface area contributed by atoms with Crippen molar-refractivity contribution in [1.82, 2.24) is 15.1 Å². The molecule has 1 N–H and O–H groups in total. The molecule has 1 rings (SSSR count). The van der Waals surface area contributed by atoms with Crippen LogP contribution in [0.4, 0.5) is 4.79 Å². The van der Waals surface area contributed by atoms with E-state index >= 15 is 0 Å². The van der Waals surface area contributed by atoms with Gasteiger partial charge in [0.15, 0.2) is 0 Å². The Labute approximate surface area is 130 Å². The monoisotopic (exact) mass is 299 g/mol. The molecule has 1 aliphatic heterocycles. The molecule has 0 saturated carbocycles. The number of nitrogens with one attached hydrogen (secondary N) is 1. The van der Waals surface area contributed by atoms with Crippen molar-refractivity contribution in [2.75, 3.05) is 46.3 Å². The Kier molecular flexibility index (Phi) is 7.46. The zero-order valence-electron chi connectivity index (χ0n) is 14.4. The van der Waals surface area contributed by atoms with Gasteiger partial charge in [0.05, 0.1) is 0 Å². The fourth-order valence-corrected chi connectivity index (χ4v) is 2.49. The van der Waals surface area contributed by atoms with Gasteiger partial charge in [-0.25, -0.2) is 4.79 Å². The van der Waals surface area contributed by atoms with Gasteiger partial charge < -0.3 is 19.9 Å². The van der Waals surface area contributed by atoms with Crippen molar-refractivity contribution in [3.05, 3.63) is 0 Å². The highest BCUT2D eigenvalue weighted by molar-refractivity contribution is 5.68. The predicted molar refractivity (Wildman–Crippen MR) is 86.6 cm³/mol. The summed E-state index contributed by atoms with van der Waals surface area (Å²) in [6.07, 6.45) is 2.33. The van der Waals surface area contributed by atoms with Gasteiger partial charge in [0.25, 0.3) is 0 Å². The number of ether oxygens (including phenoxy) is 1. The number of rotatable bonds is 6. The lowest BCUT2D eigenvalue weighted by Gasteiger charge is -2.29. The highest BCUT2D eigenvalue weighted by atomic mass is 16.6. The van der Waals surface area contributed by atoms with Gasteiger partial charge in [-0.15, -0.1) is 0 Å². The van der Waals surface area contributed by atoms with Crippen LogP contribution in [-0.4, -0.2) is 67.8 Å². The standard InChI is InChI=1S/C16H33N3O2/c1-6-19(15(20)21-16(2,3)4)12-9-17-13-14-7-10-18(5)11-8-14/h14,17H,6-13H2,1-5H3. The molecule has 0 aromatic rings. The van der Waals surface area contributed by atoms with E-state index in [4.69, 9.17) is 4.74 Å². The number of likely N-dealkylation sites (N-methyl/N-ethyl adjacent to an activating group) is 1. The predicted octanol–water partition coefficient (Wildman–Crippen LogP) is 2.17. The van der Waals surface area contributed by atoms with E-state index in [9.17, 15) is 4.79 Å². The maximum Gasteiger partial charge on any atom is 0.410 e. The van der Waals surface area contributed by atoms with Crippen molar-refractivity contribution in [1.29, 1.82) is 0 Å². The number of carbonyl (C=O) groups excluding carboxylic acids is 1. The fourth-order valence-electron chi connectivity index (χ4n) is 2.49. The van der Waals surface area contributed by atoms with E-state index in [-0.39, 0.29) is 6.09 Å². The SMILES string of the molecule is CCN(CCNCC1CCN(C)CC1)C(=O)OC(C)(C)C.